The summed E-state index contributed by atoms with van der Waals surface area (Å²) in [6.45, 7) is 7.26. The number of primary amides is 1. The van der Waals surface area contributed by atoms with Crippen molar-refractivity contribution in [2.24, 2.45) is 23.5 Å². The molecule has 1 unspecified atom stereocenters. The molecule has 12 heteroatoms. The maximum atomic E-state index is 14.3. The van der Waals surface area contributed by atoms with Crippen molar-refractivity contribution >= 4 is 40.9 Å². The second-order valence-corrected chi connectivity index (χ2v) is 12.6. The molecule has 4 N–H and O–H groups in total. The normalized spacial score (nSPS) is 20.4. The number of fused-ring (bicyclic) bond motifs is 2. The Hall–Kier alpha value is -4.35. The van der Waals surface area contributed by atoms with Crippen molar-refractivity contribution in [2.75, 3.05) is 24.2 Å². The summed E-state index contributed by atoms with van der Waals surface area (Å²) in [5, 5.41) is 5.27. The molecule has 0 saturated carbocycles. The molecular formula is C32H39F2N5O5. The van der Waals surface area contributed by atoms with Crippen LogP contribution in [0.1, 0.15) is 52.5 Å². The fourth-order valence-electron chi connectivity index (χ4n) is 6.23. The van der Waals surface area contributed by atoms with Gasteiger partial charge in [-0.05, 0) is 54.9 Å². The van der Waals surface area contributed by atoms with Crippen LogP contribution >= 0.6 is 0 Å². The number of nitrogens with two attached hydrogens (primary N) is 1. The minimum Gasteiger partial charge on any atom is -0.368 e. The molecule has 1 spiro atoms. The van der Waals surface area contributed by atoms with E-state index in [0.29, 0.717) is 17.3 Å². The van der Waals surface area contributed by atoms with Gasteiger partial charge in [0.25, 0.3) is 0 Å². The average molecular weight is 612 g/mol. The van der Waals surface area contributed by atoms with Gasteiger partial charge in [-0.2, -0.15) is 0 Å². The Morgan fingerprint density at radius 1 is 1.05 bits per heavy atom. The number of anilines is 2. The number of nitrogens with one attached hydrogen (secondary N) is 2. The number of amides is 5. The third-order valence-electron chi connectivity index (χ3n) is 8.34. The molecule has 236 valence electrons. The summed E-state index contributed by atoms with van der Waals surface area (Å²) in [7, 11) is 1.42. The maximum Gasteiger partial charge on any atom is 0.246 e. The standard InChI is InChI=1S/C32H39F2N5O5/c1-17(2)10-22(28(41)36-21-13-19(33)12-20(34)14-21)29(42)38(5)25(11-18(3)4)30(43)39-16-32(15-26(39)27(35)40)23-8-6-7-9-24(23)37-31(32)44/h6-9,12-14,17-18,22,25-26H,10-11,15-16H2,1-5H3,(H2,35,40)(H,36,41)(H,37,44)/t22?,25-,26-,32-/m0/s1. The van der Waals surface area contributed by atoms with Crippen LogP contribution in [0.2, 0.25) is 0 Å². The zero-order chi connectivity index (χ0) is 32.5. The minimum absolute atomic E-state index is 0.00838. The molecule has 2 heterocycles. The molecule has 0 radical (unpaired) electrons. The van der Waals surface area contributed by atoms with E-state index in [1.807, 2.05) is 27.7 Å². The second-order valence-electron chi connectivity index (χ2n) is 12.6. The van der Waals surface area contributed by atoms with E-state index in [1.54, 1.807) is 24.3 Å². The van der Waals surface area contributed by atoms with Gasteiger partial charge in [-0.1, -0.05) is 45.9 Å². The van der Waals surface area contributed by atoms with Crippen LogP contribution < -0.4 is 16.4 Å². The van der Waals surface area contributed by atoms with Gasteiger partial charge >= 0.3 is 0 Å². The summed E-state index contributed by atoms with van der Waals surface area (Å²) in [5.41, 5.74) is 5.70. The Morgan fingerprint density at radius 2 is 1.66 bits per heavy atom. The lowest BCUT2D eigenvalue weighted by atomic mass is 9.79. The van der Waals surface area contributed by atoms with Gasteiger partial charge in [0.15, 0.2) is 0 Å². The number of carbonyl (C=O) groups excluding carboxylic acids is 5. The molecule has 1 saturated heterocycles. The second kappa shape index (κ2) is 12.7. The molecule has 5 amide bonds. The molecule has 10 nitrogen and oxygen atoms in total. The van der Waals surface area contributed by atoms with E-state index in [0.717, 1.165) is 12.1 Å². The fourth-order valence-corrected chi connectivity index (χ4v) is 6.23. The molecule has 4 rings (SSSR count). The monoisotopic (exact) mass is 611 g/mol. The zero-order valence-electron chi connectivity index (χ0n) is 25.5. The Morgan fingerprint density at radius 3 is 2.25 bits per heavy atom. The summed E-state index contributed by atoms with van der Waals surface area (Å²) in [4.78, 5) is 70.0. The summed E-state index contributed by atoms with van der Waals surface area (Å²) in [5.74, 6) is -6.38. The molecule has 2 aliphatic heterocycles. The average Bonchev–Trinajstić information content (AvgIpc) is 3.47. The van der Waals surface area contributed by atoms with Crippen LogP contribution in [-0.2, 0) is 29.4 Å². The number of likely N-dealkylation sites (N-methyl/N-ethyl adjacent to an activating group) is 1. The lowest BCUT2D eigenvalue weighted by molar-refractivity contribution is -0.151. The fraction of sp³-hybridized carbons (Fsp3) is 0.469. The van der Waals surface area contributed by atoms with E-state index in [2.05, 4.69) is 10.6 Å². The first-order valence-corrected chi connectivity index (χ1v) is 14.7. The van der Waals surface area contributed by atoms with Gasteiger partial charge in [-0.3, -0.25) is 24.0 Å². The Kier molecular flexibility index (Phi) is 9.41. The first-order chi connectivity index (χ1) is 20.6. The van der Waals surface area contributed by atoms with Crippen molar-refractivity contribution in [1.82, 2.24) is 9.80 Å². The van der Waals surface area contributed by atoms with Crippen molar-refractivity contribution < 1.29 is 32.8 Å². The highest BCUT2D eigenvalue weighted by molar-refractivity contribution is 6.09. The van der Waals surface area contributed by atoms with Gasteiger partial charge in [0.1, 0.15) is 29.6 Å². The predicted octanol–water partition coefficient (Wildman–Crippen LogP) is 3.42. The third kappa shape index (κ3) is 6.44. The van der Waals surface area contributed by atoms with E-state index in [9.17, 15) is 32.8 Å². The van der Waals surface area contributed by atoms with E-state index < -0.39 is 58.7 Å². The van der Waals surface area contributed by atoms with E-state index in [-0.39, 0.29) is 49.2 Å². The molecule has 2 aromatic rings. The Bertz CT molecular complexity index is 1460. The van der Waals surface area contributed by atoms with Crippen LogP contribution in [0.3, 0.4) is 0 Å². The van der Waals surface area contributed by atoms with Crippen molar-refractivity contribution in [2.45, 2.75) is 64.5 Å². The lowest BCUT2D eigenvalue weighted by Crippen LogP contribution is -2.55. The first kappa shape index (κ1) is 32.6. The highest BCUT2D eigenvalue weighted by Gasteiger charge is 2.58. The number of halogens is 2. The highest BCUT2D eigenvalue weighted by Crippen LogP contribution is 2.46. The van der Waals surface area contributed by atoms with Crippen LogP contribution in [0.25, 0.3) is 0 Å². The topological polar surface area (TPSA) is 142 Å². The highest BCUT2D eigenvalue weighted by atomic mass is 19.1. The molecule has 2 aromatic carbocycles. The van der Waals surface area contributed by atoms with Crippen LogP contribution in [0.15, 0.2) is 42.5 Å². The summed E-state index contributed by atoms with van der Waals surface area (Å²) in [6.07, 6.45) is 0.290. The Labute approximate surface area is 255 Å². The molecule has 4 atom stereocenters. The van der Waals surface area contributed by atoms with Gasteiger partial charge in [-0.25, -0.2) is 8.78 Å². The number of nitrogens with zero attached hydrogens (tertiary/aromatic N) is 2. The largest absolute Gasteiger partial charge is 0.368 e. The maximum absolute atomic E-state index is 14.3. The van der Waals surface area contributed by atoms with Crippen molar-refractivity contribution in [3.63, 3.8) is 0 Å². The van der Waals surface area contributed by atoms with Gasteiger partial charge in [0, 0.05) is 31.0 Å². The van der Waals surface area contributed by atoms with Crippen molar-refractivity contribution in [3.05, 3.63) is 59.7 Å². The number of carbonyl (C=O) groups is 5. The van der Waals surface area contributed by atoms with Gasteiger partial charge in [0.2, 0.25) is 29.5 Å². The molecule has 2 aliphatic rings. The molecule has 44 heavy (non-hydrogen) atoms. The van der Waals surface area contributed by atoms with Crippen LogP contribution in [0.5, 0.6) is 0 Å². The molecule has 0 aromatic heterocycles. The lowest BCUT2D eigenvalue weighted by Gasteiger charge is -2.35. The van der Waals surface area contributed by atoms with Gasteiger partial charge in [0.05, 0.1) is 5.41 Å². The number of benzene rings is 2. The number of hydrogen-bond acceptors (Lipinski definition) is 5. The Balaban J connectivity index is 1.65. The minimum atomic E-state index is -1.28. The van der Waals surface area contributed by atoms with E-state index in [1.165, 1.54) is 16.8 Å². The number of para-hydroxylation sites is 1. The summed E-state index contributed by atoms with van der Waals surface area (Å²) < 4.78 is 27.6. The van der Waals surface area contributed by atoms with Crippen LogP contribution in [0, 0.1) is 29.4 Å². The van der Waals surface area contributed by atoms with E-state index in [4.69, 9.17) is 5.73 Å². The smallest absolute Gasteiger partial charge is 0.246 e. The number of likely N-dealkylation sites (tertiary alicyclic amines) is 1. The molecule has 0 aliphatic carbocycles. The molecule has 0 bridgehead atoms. The number of hydrogen-bond donors (Lipinski definition) is 3. The quantitative estimate of drug-likeness (QED) is 0.353. The predicted molar refractivity (Wildman–Crippen MR) is 160 cm³/mol. The van der Waals surface area contributed by atoms with Crippen LogP contribution in [0.4, 0.5) is 20.2 Å². The SMILES string of the molecule is CC(C)CC(C(=O)Nc1cc(F)cc(F)c1)C(=O)N(C)[C@@H](CC(C)C)C(=O)N1C[C@]2(C[C@H]1C(N)=O)C(=O)Nc1ccccc12. The zero-order valence-corrected chi connectivity index (χ0v) is 25.5. The van der Waals surface area contributed by atoms with Gasteiger partial charge in [-0.15, -0.1) is 0 Å². The van der Waals surface area contributed by atoms with E-state index >= 15 is 0 Å². The summed E-state index contributed by atoms with van der Waals surface area (Å²) in [6, 6.07) is 7.43. The van der Waals surface area contributed by atoms with Crippen molar-refractivity contribution in [3.8, 4) is 0 Å². The summed E-state index contributed by atoms with van der Waals surface area (Å²) >= 11 is 0. The van der Waals surface area contributed by atoms with Gasteiger partial charge < -0.3 is 26.2 Å². The molecular weight excluding hydrogens is 572 g/mol. The van der Waals surface area contributed by atoms with Crippen LogP contribution in [-0.4, -0.2) is 65.0 Å². The number of rotatable bonds is 10. The van der Waals surface area contributed by atoms with Crippen molar-refractivity contribution in [1.29, 1.82) is 0 Å². The first-order valence-electron chi connectivity index (χ1n) is 14.7. The molecule has 1 fully saturated rings. The third-order valence-corrected chi connectivity index (χ3v) is 8.34.